The number of fused-ring (bicyclic) bond motifs is 1. The molecule has 5 heteroatoms. The summed E-state index contributed by atoms with van der Waals surface area (Å²) in [6, 6.07) is 12.9. The molecule has 0 aliphatic heterocycles. The van der Waals surface area contributed by atoms with E-state index in [1.807, 2.05) is 56.3 Å². The number of esters is 1. The van der Waals surface area contributed by atoms with Crippen molar-refractivity contribution in [2.75, 3.05) is 6.61 Å². The van der Waals surface area contributed by atoms with Crippen LogP contribution in [0.25, 0.3) is 10.8 Å². The first-order valence-electron chi connectivity index (χ1n) is 9.55. The third-order valence-electron chi connectivity index (χ3n) is 4.65. The monoisotopic (exact) mass is 383 g/mol. The maximum absolute atomic E-state index is 12.6. The Kier molecular flexibility index (Phi) is 6.95. The van der Waals surface area contributed by atoms with Crippen molar-refractivity contribution in [3.8, 4) is 0 Å². The fourth-order valence-electron chi connectivity index (χ4n) is 2.78. The molecular weight excluding hydrogens is 354 g/mol. The quantitative estimate of drug-likeness (QED) is 0.740. The molecule has 0 saturated heterocycles. The summed E-state index contributed by atoms with van der Waals surface area (Å²) in [4.78, 5) is 37.0. The van der Waals surface area contributed by atoms with E-state index in [2.05, 4.69) is 5.32 Å². The molecule has 0 spiro atoms. The molecule has 0 radical (unpaired) electrons. The minimum atomic E-state index is -0.796. The van der Waals surface area contributed by atoms with Gasteiger partial charge in [0, 0.05) is 5.41 Å². The van der Waals surface area contributed by atoms with E-state index >= 15 is 0 Å². The van der Waals surface area contributed by atoms with Gasteiger partial charge in [-0.2, -0.15) is 0 Å². The van der Waals surface area contributed by atoms with Crippen LogP contribution in [0.4, 0.5) is 0 Å². The van der Waals surface area contributed by atoms with Gasteiger partial charge in [0.15, 0.2) is 12.4 Å². The van der Waals surface area contributed by atoms with Crippen molar-refractivity contribution >= 4 is 28.4 Å². The largest absolute Gasteiger partial charge is 0.456 e. The number of Topliss-reactive ketones (excluding diaryl/α,β-unsaturated/α-hetero) is 1. The molecule has 2 rings (SSSR count). The van der Waals surface area contributed by atoms with Gasteiger partial charge in [0.25, 0.3) is 0 Å². The van der Waals surface area contributed by atoms with Crippen molar-refractivity contribution in [1.82, 2.24) is 5.32 Å². The van der Waals surface area contributed by atoms with Crippen molar-refractivity contribution in [3.05, 3.63) is 48.0 Å². The molecule has 0 aromatic heterocycles. The molecule has 1 amide bonds. The van der Waals surface area contributed by atoms with Gasteiger partial charge in [0.2, 0.25) is 5.91 Å². The number of amides is 1. The molecule has 0 bridgehead atoms. The molecule has 2 aromatic carbocycles. The van der Waals surface area contributed by atoms with Crippen LogP contribution in [0, 0.1) is 11.3 Å². The summed E-state index contributed by atoms with van der Waals surface area (Å²) in [5.41, 5.74) is 0.319. The van der Waals surface area contributed by atoms with Crippen LogP contribution in [0.2, 0.25) is 0 Å². The molecular formula is C23H29NO4. The highest BCUT2D eigenvalue weighted by Gasteiger charge is 2.28. The van der Waals surface area contributed by atoms with Gasteiger partial charge >= 0.3 is 5.97 Å². The average Bonchev–Trinajstić information content (AvgIpc) is 2.63. The second-order valence-corrected chi connectivity index (χ2v) is 8.39. The Labute approximate surface area is 166 Å². The topological polar surface area (TPSA) is 72.5 Å². The van der Waals surface area contributed by atoms with Crippen LogP contribution in [0.1, 0.15) is 40.2 Å². The fourth-order valence-corrected chi connectivity index (χ4v) is 2.78. The summed E-state index contributed by atoms with van der Waals surface area (Å²) in [5.74, 6) is -1.16. The van der Waals surface area contributed by atoms with E-state index in [0.717, 1.165) is 16.3 Å². The van der Waals surface area contributed by atoms with Crippen molar-refractivity contribution in [1.29, 1.82) is 0 Å². The number of ether oxygens (including phenoxy) is 1. The van der Waals surface area contributed by atoms with E-state index in [1.54, 1.807) is 20.8 Å². The molecule has 5 nitrogen and oxygen atoms in total. The maximum Gasteiger partial charge on any atom is 0.329 e. The van der Waals surface area contributed by atoms with Gasteiger partial charge in [-0.15, -0.1) is 0 Å². The predicted octanol–water partition coefficient (Wildman–Crippen LogP) is 3.68. The molecule has 150 valence electrons. The first-order chi connectivity index (χ1) is 13.1. The number of carbonyl (C=O) groups is 3. The zero-order chi connectivity index (χ0) is 20.9. The van der Waals surface area contributed by atoms with Gasteiger partial charge < -0.3 is 10.1 Å². The number of hydrogen-bond acceptors (Lipinski definition) is 4. The summed E-state index contributed by atoms with van der Waals surface area (Å²) < 4.78 is 5.17. The molecule has 1 N–H and O–H groups in total. The third-order valence-corrected chi connectivity index (χ3v) is 4.65. The Morgan fingerprint density at radius 1 is 1.00 bits per heavy atom. The van der Waals surface area contributed by atoms with Crippen LogP contribution >= 0.6 is 0 Å². The lowest BCUT2D eigenvalue weighted by Gasteiger charge is -2.22. The second-order valence-electron chi connectivity index (χ2n) is 8.39. The Balaban J connectivity index is 2.04. The van der Waals surface area contributed by atoms with Crippen molar-refractivity contribution in [2.45, 2.75) is 47.1 Å². The number of ketones is 1. The number of rotatable bonds is 7. The highest BCUT2D eigenvalue weighted by atomic mass is 16.5. The van der Waals surface area contributed by atoms with E-state index in [1.165, 1.54) is 0 Å². The molecule has 28 heavy (non-hydrogen) atoms. The minimum absolute atomic E-state index is 0.159. The maximum atomic E-state index is 12.6. The third kappa shape index (κ3) is 5.65. The molecule has 0 aliphatic rings. The van der Waals surface area contributed by atoms with Gasteiger partial charge in [-0.1, -0.05) is 77.1 Å². The molecule has 0 aliphatic carbocycles. The first kappa shape index (κ1) is 21.6. The zero-order valence-electron chi connectivity index (χ0n) is 17.2. The van der Waals surface area contributed by atoms with Gasteiger partial charge in [-0.25, -0.2) is 4.79 Å². The van der Waals surface area contributed by atoms with Crippen LogP contribution in [0.15, 0.2) is 42.5 Å². The van der Waals surface area contributed by atoms with Crippen molar-refractivity contribution in [3.63, 3.8) is 0 Å². The average molecular weight is 383 g/mol. The summed E-state index contributed by atoms with van der Waals surface area (Å²) in [7, 11) is 0. The van der Waals surface area contributed by atoms with Crippen LogP contribution in [0.3, 0.4) is 0 Å². The molecule has 0 unspecified atom stereocenters. The van der Waals surface area contributed by atoms with Gasteiger partial charge in [-0.05, 0) is 22.3 Å². The lowest BCUT2D eigenvalue weighted by molar-refractivity contribution is -0.154. The van der Waals surface area contributed by atoms with E-state index in [9.17, 15) is 14.4 Å². The zero-order valence-corrected chi connectivity index (χ0v) is 17.2. The van der Waals surface area contributed by atoms with Crippen molar-refractivity contribution < 1.29 is 19.1 Å². The second kappa shape index (κ2) is 9.00. The van der Waals surface area contributed by atoms with Gasteiger partial charge in [-0.3, -0.25) is 9.59 Å². The van der Waals surface area contributed by atoms with Gasteiger partial charge in [0.1, 0.15) is 6.04 Å². The molecule has 1 atom stereocenters. The lowest BCUT2D eigenvalue weighted by atomic mass is 9.91. The number of hydrogen-bond donors (Lipinski definition) is 1. The highest BCUT2D eigenvalue weighted by molar-refractivity contribution is 5.92. The lowest BCUT2D eigenvalue weighted by Crippen LogP contribution is -2.46. The van der Waals surface area contributed by atoms with Crippen LogP contribution in [-0.2, 0) is 25.5 Å². The van der Waals surface area contributed by atoms with E-state index in [0.29, 0.717) is 0 Å². The van der Waals surface area contributed by atoms with E-state index < -0.39 is 17.4 Å². The smallest absolute Gasteiger partial charge is 0.329 e. The summed E-state index contributed by atoms with van der Waals surface area (Å²) in [6.45, 7) is 8.69. The first-order valence-corrected chi connectivity index (χ1v) is 9.55. The Morgan fingerprint density at radius 2 is 1.64 bits per heavy atom. The molecule has 0 fully saturated rings. The summed E-state index contributed by atoms with van der Waals surface area (Å²) in [6.07, 6.45) is 0.165. The van der Waals surface area contributed by atoms with Crippen LogP contribution in [-0.4, -0.2) is 30.3 Å². The summed E-state index contributed by atoms with van der Waals surface area (Å²) >= 11 is 0. The normalized spacial score (nSPS) is 12.6. The number of benzene rings is 2. The van der Waals surface area contributed by atoms with Gasteiger partial charge in [0.05, 0.1) is 6.42 Å². The molecule has 0 heterocycles. The minimum Gasteiger partial charge on any atom is -0.456 e. The predicted molar refractivity (Wildman–Crippen MR) is 110 cm³/mol. The van der Waals surface area contributed by atoms with Crippen molar-refractivity contribution in [2.24, 2.45) is 11.3 Å². The standard InChI is InChI=1S/C23H29NO4/c1-15(2)21(22(27)28-14-19(25)23(3,4)5)24-20(26)13-17-11-8-10-16-9-6-7-12-18(16)17/h6-12,15,21H,13-14H2,1-5H3,(H,24,26)/t21-/m0/s1. The number of nitrogens with one attached hydrogen (secondary N) is 1. The van der Waals surface area contributed by atoms with E-state index in [4.69, 9.17) is 4.74 Å². The highest BCUT2D eigenvalue weighted by Crippen LogP contribution is 2.19. The summed E-state index contributed by atoms with van der Waals surface area (Å²) in [5, 5.41) is 4.84. The molecule has 2 aromatic rings. The van der Waals surface area contributed by atoms with E-state index in [-0.39, 0.29) is 30.6 Å². The Bertz CT molecular complexity index is 859. The SMILES string of the molecule is CC(C)[C@H](NC(=O)Cc1cccc2ccccc12)C(=O)OCC(=O)C(C)(C)C. The van der Waals surface area contributed by atoms with Crippen LogP contribution in [0.5, 0.6) is 0 Å². The fraction of sp³-hybridized carbons (Fsp3) is 0.435. The Morgan fingerprint density at radius 3 is 2.29 bits per heavy atom. The van der Waals surface area contributed by atoms with Crippen LogP contribution < -0.4 is 5.32 Å². The molecule has 0 saturated carbocycles. The Hall–Kier alpha value is -2.69. The number of carbonyl (C=O) groups excluding carboxylic acids is 3.